The first-order valence-electron chi connectivity index (χ1n) is 10.1. The van der Waals surface area contributed by atoms with Gasteiger partial charge in [0.25, 0.3) is 0 Å². The molecule has 1 atom stereocenters. The molecule has 2 aromatic carbocycles. The van der Waals surface area contributed by atoms with E-state index in [-0.39, 0.29) is 30.3 Å². The number of nitrogens with one attached hydrogen (secondary N) is 1. The smallest absolute Gasteiger partial charge is 0.247 e. The molecule has 0 heterocycles. The van der Waals surface area contributed by atoms with Crippen molar-refractivity contribution >= 4 is 35.0 Å². The van der Waals surface area contributed by atoms with Crippen molar-refractivity contribution in [1.29, 1.82) is 0 Å². The number of halogens is 2. The molecule has 1 fully saturated rings. The van der Waals surface area contributed by atoms with Crippen LogP contribution in [0.15, 0.2) is 48.5 Å². The van der Waals surface area contributed by atoms with E-state index in [1.807, 2.05) is 24.3 Å². The second-order valence-electron chi connectivity index (χ2n) is 7.41. The van der Waals surface area contributed by atoms with Crippen LogP contribution < -0.4 is 10.1 Å². The quantitative estimate of drug-likeness (QED) is 0.594. The van der Waals surface area contributed by atoms with Crippen LogP contribution in [0.2, 0.25) is 5.02 Å². The van der Waals surface area contributed by atoms with Gasteiger partial charge in [-0.05, 0) is 36.6 Å². The lowest BCUT2D eigenvalue weighted by atomic mass is 10.0. The van der Waals surface area contributed by atoms with Gasteiger partial charge in [-0.1, -0.05) is 54.8 Å². The molecule has 3 rings (SSSR count). The summed E-state index contributed by atoms with van der Waals surface area (Å²) in [5.41, 5.74) is 1.48. The highest BCUT2D eigenvalue weighted by Gasteiger charge is 2.33. The molecule has 7 heteroatoms. The Kier molecular flexibility index (Phi) is 8.00. The van der Waals surface area contributed by atoms with Crippen molar-refractivity contribution in [3.05, 3.63) is 64.7 Å². The minimum absolute atomic E-state index is 0.131. The Morgan fingerprint density at radius 2 is 1.80 bits per heavy atom. The zero-order valence-electron chi connectivity index (χ0n) is 16.9. The summed E-state index contributed by atoms with van der Waals surface area (Å²) < 4.78 is 5.44. The Bertz CT molecular complexity index is 867. The first kappa shape index (κ1) is 22.4. The summed E-state index contributed by atoms with van der Waals surface area (Å²) in [6, 6.07) is 13.7. The van der Waals surface area contributed by atoms with Crippen LogP contribution in [0.3, 0.4) is 0 Å². The highest BCUT2D eigenvalue weighted by atomic mass is 35.5. The fourth-order valence-corrected chi connectivity index (χ4v) is 4.17. The normalized spacial score (nSPS) is 14.9. The number of alkyl halides is 1. The van der Waals surface area contributed by atoms with E-state index >= 15 is 0 Å². The van der Waals surface area contributed by atoms with Gasteiger partial charge in [0.05, 0.1) is 13.7 Å². The molecule has 1 N–H and O–H groups in total. The number of methoxy groups -OCH3 is 1. The van der Waals surface area contributed by atoms with Crippen LogP contribution in [0, 0.1) is 0 Å². The summed E-state index contributed by atoms with van der Waals surface area (Å²) in [6.07, 6.45) is 4.11. The number of hydrogen-bond donors (Lipinski definition) is 1. The maximum absolute atomic E-state index is 13.4. The number of benzene rings is 2. The molecule has 2 aromatic rings. The lowest BCUT2D eigenvalue weighted by Crippen LogP contribution is -2.46. The molecule has 0 aliphatic heterocycles. The molecule has 30 heavy (non-hydrogen) atoms. The Balaban J connectivity index is 1.97. The number of carbonyl (C=O) groups excluding carboxylic acids is 2. The monoisotopic (exact) mass is 448 g/mol. The first-order valence-corrected chi connectivity index (χ1v) is 11.0. The summed E-state index contributed by atoms with van der Waals surface area (Å²) in [7, 11) is 1.58. The predicted octanol–water partition coefficient (Wildman–Crippen LogP) is 4.72. The lowest BCUT2D eigenvalue weighted by Gasteiger charge is -2.32. The SMILES string of the molecule is COc1ccccc1CN(C(=O)CCl)[C@@H](C(=O)NC1CCCC1)c1ccc(Cl)cc1. The van der Waals surface area contributed by atoms with E-state index in [1.165, 1.54) is 4.90 Å². The van der Waals surface area contributed by atoms with Gasteiger partial charge in [-0.25, -0.2) is 0 Å². The van der Waals surface area contributed by atoms with Crippen LogP contribution in [-0.4, -0.2) is 35.7 Å². The minimum Gasteiger partial charge on any atom is -0.496 e. The van der Waals surface area contributed by atoms with Crippen molar-refractivity contribution in [2.45, 2.75) is 44.3 Å². The van der Waals surface area contributed by atoms with Crippen molar-refractivity contribution in [3.63, 3.8) is 0 Å². The Hall–Kier alpha value is -2.24. The van der Waals surface area contributed by atoms with E-state index in [2.05, 4.69) is 5.32 Å². The maximum atomic E-state index is 13.4. The number of nitrogens with zero attached hydrogens (tertiary/aromatic N) is 1. The van der Waals surface area contributed by atoms with E-state index in [0.29, 0.717) is 16.3 Å². The summed E-state index contributed by atoms with van der Waals surface area (Å²) in [5, 5.41) is 3.69. The Morgan fingerprint density at radius 3 is 2.43 bits per heavy atom. The van der Waals surface area contributed by atoms with E-state index in [1.54, 1.807) is 31.4 Å². The molecule has 0 aromatic heterocycles. The first-order chi connectivity index (χ1) is 14.5. The van der Waals surface area contributed by atoms with Gasteiger partial charge in [0.1, 0.15) is 17.7 Å². The third-order valence-corrected chi connectivity index (χ3v) is 5.90. The number of hydrogen-bond acceptors (Lipinski definition) is 3. The third-order valence-electron chi connectivity index (χ3n) is 5.42. The second kappa shape index (κ2) is 10.7. The molecule has 0 bridgehead atoms. The van der Waals surface area contributed by atoms with Gasteiger partial charge in [-0.3, -0.25) is 9.59 Å². The van der Waals surface area contributed by atoms with Crippen LogP contribution >= 0.6 is 23.2 Å². The molecular formula is C23H26Cl2N2O3. The number of para-hydroxylation sites is 1. The fraction of sp³-hybridized carbons (Fsp3) is 0.391. The highest BCUT2D eigenvalue weighted by molar-refractivity contribution is 6.30. The Morgan fingerprint density at radius 1 is 1.13 bits per heavy atom. The molecule has 160 valence electrons. The highest BCUT2D eigenvalue weighted by Crippen LogP contribution is 2.29. The van der Waals surface area contributed by atoms with Gasteiger partial charge < -0.3 is 15.0 Å². The molecule has 1 aliphatic rings. The summed E-state index contributed by atoms with van der Waals surface area (Å²) >= 11 is 12.0. The van der Waals surface area contributed by atoms with Crippen LogP contribution in [0.5, 0.6) is 5.75 Å². The molecule has 1 saturated carbocycles. The zero-order chi connectivity index (χ0) is 21.5. The minimum atomic E-state index is -0.820. The summed E-state index contributed by atoms with van der Waals surface area (Å²) in [5.74, 6) is -0.117. The second-order valence-corrected chi connectivity index (χ2v) is 8.11. The molecule has 2 amide bonds. The van der Waals surface area contributed by atoms with Crippen molar-refractivity contribution in [1.82, 2.24) is 10.2 Å². The van der Waals surface area contributed by atoms with Gasteiger partial charge in [0.15, 0.2) is 0 Å². The van der Waals surface area contributed by atoms with Gasteiger partial charge in [-0.15, -0.1) is 11.6 Å². The van der Waals surface area contributed by atoms with Crippen LogP contribution in [0.1, 0.15) is 42.9 Å². The van der Waals surface area contributed by atoms with Gasteiger partial charge >= 0.3 is 0 Å². The maximum Gasteiger partial charge on any atom is 0.247 e. The van der Waals surface area contributed by atoms with Gasteiger partial charge in [-0.2, -0.15) is 0 Å². The van der Waals surface area contributed by atoms with Crippen molar-refractivity contribution < 1.29 is 14.3 Å². The van der Waals surface area contributed by atoms with Crippen molar-refractivity contribution in [2.24, 2.45) is 0 Å². The average Bonchev–Trinajstić information content (AvgIpc) is 3.27. The van der Waals surface area contributed by atoms with Crippen LogP contribution in [-0.2, 0) is 16.1 Å². The van der Waals surface area contributed by atoms with E-state index in [9.17, 15) is 9.59 Å². The predicted molar refractivity (Wildman–Crippen MR) is 119 cm³/mol. The molecule has 0 spiro atoms. The fourth-order valence-electron chi connectivity index (χ4n) is 3.89. The van der Waals surface area contributed by atoms with Gasteiger partial charge in [0, 0.05) is 16.6 Å². The number of amides is 2. The largest absolute Gasteiger partial charge is 0.496 e. The standard InChI is InChI=1S/C23H26Cl2N2O3/c1-30-20-9-5-2-6-17(20)15-27(21(28)14-24)22(16-10-12-18(25)13-11-16)23(29)26-19-7-3-4-8-19/h2,5-6,9-13,19,22H,3-4,7-8,14-15H2,1H3,(H,26,29)/t22-/m1/s1. The van der Waals surface area contributed by atoms with Crippen LogP contribution in [0.4, 0.5) is 0 Å². The zero-order valence-corrected chi connectivity index (χ0v) is 18.5. The molecule has 0 saturated heterocycles. The van der Waals surface area contributed by atoms with Crippen molar-refractivity contribution in [3.8, 4) is 5.75 Å². The average molecular weight is 449 g/mol. The number of carbonyl (C=O) groups is 2. The van der Waals surface area contributed by atoms with E-state index in [0.717, 1.165) is 31.2 Å². The number of ether oxygens (including phenoxy) is 1. The molecule has 0 radical (unpaired) electrons. The van der Waals surface area contributed by atoms with Crippen molar-refractivity contribution in [2.75, 3.05) is 13.0 Å². The third kappa shape index (κ3) is 5.46. The van der Waals surface area contributed by atoms with E-state index in [4.69, 9.17) is 27.9 Å². The Labute approximate surface area is 187 Å². The van der Waals surface area contributed by atoms with E-state index < -0.39 is 6.04 Å². The van der Waals surface area contributed by atoms with Gasteiger partial charge in [0.2, 0.25) is 11.8 Å². The summed E-state index contributed by atoms with van der Waals surface area (Å²) in [6.45, 7) is 0.195. The number of rotatable bonds is 8. The lowest BCUT2D eigenvalue weighted by molar-refractivity contribution is -0.140. The molecule has 5 nitrogen and oxygen atoms in total. The molecule has 0 unspecified atom stereocenters. The van der Waals surface area contributed by atoms with Crippen LogP contribution in [0.25, 0.3) is 0 Å². The summed E-state index contributed by atoms with van der Waals surface area (Å²) in [4.78, 5) is 27.8. The topological polar surface area (TPSA) is 58.6 Å². The molecule has 1 aliphatic carbocycles. The molecular weight excluding hydrogens is 423 g/mol.